The summed E-state index contributed by atoms with van der Waals surface area (Å²) >= 11 is 0. The lowest BCUT2D eigenvalue weighted by Gasteiger charge is -2.21. The third-order valence-electron chi connectivity index (χ3n) is 5.34. The van der Waals surface area contributed by atoms with E-state index in [0.717, 1.165) is 22.6 Å². The van der Waals surface area contributed by atoms with Crippen molar-refractivity contribution in [2.24, 2.45) is 0 Å². The molecule has 0 saturated carbocycles. The Labute approximate surface area is 187 Å². The smallest absolute Gasteiger partial charge is 0.338 e. The van der Waals surface area contributed by atoms with Crippen LogP contribution in [-0.2, 0) is 16.1 Å². The molecule has 0 aliphatic carbocycles. The molecule has 0 aliphatic rings. The minimum Gasteiger partial charge on any atom is -0.449 e. The van der Waals surface area contributed by atoms with E-state index < -0.39 is 12.1 Å². The molecule has 0 N–H and O–H groups in total. The fraction of sp³-hybridized carbons (Fsp3) is 0.192. The maximum absolute atomic E-state index is 12.7. The SMILES string of the molecule is Cc1nc2cc(C(=O)OC(C)C(=O)N(C)Cc3ccccc3)ccc2n1-c1ccccc1. The number of carbonyl (C=O) groups is 2. The molecule has 0 radical (unpaired) electrons. The Kier molecular flexibility index (Phi) is 6.03. The summed E-state index contributed by atoms with van der Waals surface area (Å²) in [4.78, 5) is 31.5. The molecular formula is C26H25N3O3. The first-order valence-electron chi connectivity index (χ1n) is 10.5. The van der Waals surface area contributed by atoms with Crippen LogP contribution in [0.3, 0.4) is 0 Å². The van der Waals surface area contributed by atoms with E-state index in [1.165, 1.54) is 0 Å². The number of para-hydroxylation sites is 1. The largest absolute Gasteiger partial charge is 0.449 e. The van der Waals surface area contributed by atoms with E-state index in [0.29, 0.717) is 17.6 Å². The van der Waals surface area contributed by atoms with Crippen molar-refractivity contribution in [1.82, 2.24) is 14.5 Å². The van der Waals surface area contributed by atoms with Gasteiger partial charge in [0.2, 0.25) is 0 Å². The Hall–Kier alpha value is -3.93. The average Bonchev–Trinajstić information content (AvgIpc) is 3.14. The normalized spacial score (nSPS) is 11.8. The lowest BCUT2D eigenvalue weighted by atomic mass is 10.2. The van der Waals surface area contributed by atoms with Gasteiger partial charge in [0, 0.05) is 19.3 Å². The first-order valence-corrected chi connectivity index (χ1v) is 10.5. The predicted octanol–water partition coefficient (Wildman–Crippen LogP) is 4.54. The number of benzene rings is 3. The Balaban J connectivity index is 1.48. The zero-order valence-electron chi connectivity index (χ0n) is 18.4. The van der Waals surface area contributed by atoms with Crippen LogP contribution in [0.2, 0.25) is 0 Å². The van der Waals surface area contributed by atoms with Gasteiger partial charge in [0.1, 0.15) is 5.82 Å². The first-order chi connectivity index (χ1) is 15.4. The summed E-state index contributed by atoms with van der Waals surface area (Å²) in [7, 11) is 1.70. The van der Waals surface area contributed by atoms with E-state index in [2.05, 4.69) is 4.98 Å². The van der Waals surface area contributed by atoms with E-state index in [1.54, 1.807) is 31.0 Å². The maximum atomic E-state index is 12.7. The number of nitrogens with zero attached hydrogens (tertiary/aromatic N) is 3. The summed E-state index contributed by atoms with van der Waals surface area (Å²) in [6.07, 6.45) is -0.893. The number of hydrogen-bond donors (Lipinski definition) is 0. The maximum Gasteiger partial charge on any atom is 0.338 e. The number of ether oxygens (including phenoxy) is 1. The van der Waals surface area contributed by atoms with E-state index in [4.69, 9.17) is 4.74 Å². The molecule has 4 aromatic rings. The summed E-state index contributed by atoms with van der Waals surface area (Å²) in [5.41, 5.74) is 3.97. The molecule has 0 aliphatic heterocycles. The standard InChI is InChI=1S/C26H25N3O3/c1-18(25(30)28(3)17-20-10-6-4-7-11-20)32-26(31)21-14-15-24-23(16-21)27-19(2)29(24)22-12-8-5-9-13-22/h4-16,18H,17H2,1-3H3. The number of aryl methyl sites for hydroxylation is 1. The van der Waals surface area contributed by atoms with Crippen LogP contribution >= 0.6 is 0 Å². The number of imidazole rings is 1. The second-order valence-electron chi connectivity index (χ2n) is 7.76. The summed E-state index contributed by atoms with van der Waals surface area (Å²) in [5.74, 6) is 0.0167. The summed E-state index contributed by atoms with van der Waals surface area (Å²) < 4.78 is 7.50. The number of esters is 1. The number of amides is 1. The Bertz CT molecular complexity index is 1250. The molecule has 162 valence electrons. The highest BCUT2D eigenvalue weighted by molar-refractivity contribution is 5.95. The van der Waals surface area contributed by atoms with Crippen molar-refractivity contribution < 1.29 is 14.3 Å². The number of hydrogen-bond acceptors (Lipinski definition) is 4. The molecule has 1 unspecified atom stereocenters. The van der Waals surface area contributed by atoms with Crippen molar-refractivity contribution >= 4 is 22.9 Å². The lowest BCUT2D eigenvalue weighted by molar-refractivity contribution is -0.139. The number of fused-ring (bicyclic) bond motifs is 1. The van der Waals surface area contributed by atoms with Gasteiger partial charge in [0.25, 0.3) is 5.91 Å². The van der Waals surface area contributed by atoms with Gasteiger partial charge >= 0.3 is 5.97 Å². The first kappa shape index (κ1) is 21.3. The third kappa shape index (κ3) is 4.39. The van der Waals surface area contributed by atoms with Crippen molar-refractivity contribution in [3.8, 4) is 5.69 Å². The topological polar surface area (TPSA) is 64.4 Å². The molecule has 1 heterocycles. The Morgan fingerprint density at radius 1 is 1.00 bits per heavy atom. The van der Waals surface area contributed by atoms with Crippen molar-refractivity contribution in [1.29, 1.82) is 0 Å². The average molecular weight is 428 g/mol. The van der Waals surface area contributed by atoms with Gasteiger partial charge in [-0.3, -0.25) is 9.36 Å². The zero-order chi connectivity index (χ0) is 22.7. The van der Waals surface area contributed by atoms with Gasteiger partial charge in [-0.1, -0.05) is 48.5 Å². The molecule has 1 amide bonds. The van der Waals surface area contributed by atoms with Gasteiger partial charge in [0.15, 0.2) is 6.10 Å². The number of likely N-dealkylation sites (N-methyl/N-ethyl adjacent to an activating group) is 1. The van der Waals surface area contributed by atoms with E-state index in [1.807, 2.05) is 78.2 Å². The molecule has 4 rings (SSSR count). The van der Waals surface area contributed by atoms with Crippen LogP contribution < -0.4 is 0 Å². The lowest BCUT2D eigenvalue weighted by Crippen LogP contribution is -2.37. The van der Waals surface area contributed by atoms with Crippen LogP contribution in [0.15, 0.2) is 78.9 Å². The monoisotopic (exact) mass is 427 g/mol. The van der Waals surface area contributed by atoms with Gasteiger partial charge in [0.05, 0.1) is 16.6 Å². The highest BCUT2D eigenvalue weighted by atomic mass is 16.5. The minimum atomic E-state index is -0.893. The summed E-state index contributed by atoms with van der Waals surface area (Å²) in [5, 5.41) is 0. The van der Waals surface area contributed by atoms with E-state index >= 15 is 0 Å². The van der Waals surface area contributed by atoms with Crippen molar-refractivity contribution in [2.75, 3.05) is 7.05 Å². The van der Waals surface area contributed by atoms with Crippen LogP contribution in [-0.4, -0.2) is 39.5 Å². The number of carbonyl (C=O) groups excluding carboxylic acids is 2. The van der Waals surface area contributed by atoms with E-state index in [-0.39, 0.29) is 5.91 Å². The fourth-order valence-electron chi connectivity index (χ4n) is 3.76. The van der Waals surface area contributed by atoms with Crippen molar-refractivity contribution in [2.45, 2.75) is 26.5 Å². The van der Waals surface area contributed by atoms with Gasteiger partial charge in [-0.15, -0.1) is 0 Å². The van der Waals surface area contributed by atoms with Crippen molar-refractivity contribution in [3.63, 3.8) is 0 Å². The van der Waals surface area contributed by atoms with Crippen LogP contribution in [0.25, 0.3) is 16.7 Å². The molecule has 6 heteroatoms. The molecular weight excluding hydrogens is 402 g/mol. The molecule has 0 spiro atoms. The van der Waals surface area contributed by atoms with Crippen LogP contribution in [0.4, 0.5) is 0 Å². The molecule has 6 nitrogen and oxygen atoms in total. The third-order valence-corrected chi connectivity index (χ3v) is 5.34. The Morgan fingerprint density at radius 2 is 1.66 bits per heavy atom. The van der Waals surface area contributed by atoms with Gasteiger partial charge in [-0.2, -0.15) is 0 Å². The molecule has 1 aromatic heterocycles. The molecule has 1 atom stereocenters. The quantitative estimate of drug-likeness (QED) is 0.424. The number of aromatic nitrogens is 2. The second-order valence-corrected chi connectivity index (χ2v) is 7.76. The minimum absolute atomic E-state index is 0.257. The zero-order valence-corrected chi connectivity index (χ0v) is 18.4. The molecule has 32 heavy (non-hydrogen) atoms. The van der Waals surface area contributed by atoms with E-state index in [9.17, 15) is 9.59 Å². The summed E-state index contributed by atoms with van der Waals surface area (Å²) in [6.45, 7) is 3.96. The summed E-state index contributed by atoms with van der Waals surface area (Å²) in [6, 6.07) is 24.9. The molecule has 0 bridgehead atoms. The van der Waals surface area contributed by atoms with Gasteiger partial charge < -0.3 is 9.64 Å². The second kappa shape index (κ2) is 9.06. The van der Waals surface area contributed by atoms with Crippen LogP contribution in [0.1, 0.15) is 28.7 Å². The van der Waals surface area contributed by atoms with Crippen LogP contribution in [0, 0.1) is 6.92 Å². The highest BCUT2D eigenvalue weighted by Gasteiger charge is 2.23. The van der Waals surface area contributed by atoms with Crippen molar-refractivity contribution in [3.05, 3.63) is 95.8 Å². The fourth-order valence-corrected chi connectivity index (χ4v) is 3.76. The molecule has 0 saturated heterocycles. The predicted molar refractivity (Wildman–Crippen MR) is 124 cm³/mol. The molecule has 0 fully saturated rings. The Morgan fingerprint density at radius 3 is 2.34 bits per heavy atom. The molecule has 3 aromatic carbocycles. The van der Waals surface area contributed by atoms with Crippen LogP contribution in [0.5, 0.6) is 0 Å². The highest BCUT2D eigenvalue weighted by Crippen LogP contribution is 2.23. The van der Waals surface area contributed by atoms with Gasteiger partial charge in [-0.05, 0) is 49.7 Å². The number of rotatable bonds is 6. The van der Waals surface area contributed by atoms with Gasteiger partial charge in [-0.25, -0.2) is 9.78 Å².